The van der Waals surface area contributed by atoms with Crippen LogP contribution in [0.1, 0.15) is 268 Å². The lowest BCUT2D eigenvalue weighted by Gasteiger charge is -2.33. The standard InChI is InChI=1S/C89H114N4/c1-7-13-19-25-27-33-59-89(60-34-28-26-20-14-8-2)83-65-73(90-71-43-49-75(50-44-71)92-85-55-39-67(35-29-21-15-9-3)61-79(85)80-62-68(40-56-86(80)92)36-30-22-16-10-4)47-53-77(83)78-54-48-74(66-84(78)89)91-72-45-51-76(52-46-72)93-87-57-41-69(37-31-23-17-11-5)63-81(87)82-64-70(42-58-88(82)93)38-32-24-18-12-6/h39-58,61-66,90-91H,7-38,59-60H2,1-6H3. The highest BCUT2D eigenvalue weighted by Crippen LogP contribution is 2.56. The predicted molar refractivity (Wildman–Crippen MR) is 408 cm³/mol. The fourth-order valence-corrected chi connectivity index (χ4v) is 15.9. The minimum atomic E-state index is -0.0775. The molecule has 10 aromatic rings. The Kier molecular flexibility index (Phi) is 24.5. The molecule has 0 bridgehead atoms. The molecule has 0 fully saturated rings. The van der Waals surface area contributed by atoms with Crippen molar-refractivity contribution in [2.45, 2.75) is 265 Å². The Balaban J connectivity index is 0.889. The van der Waals surface area contributed by atoms with Gasteiger partial charge in [-0.25, -0.2) is 0 Å². The number of unbranched alkanes of at least 4 members (excludes halogenated alkanes) is 22. The van der Waals surface area contributed by atoms with Crippen LogP contribution in [0.4, 0.5) is 22.7 Å². The second-order valence-corrected chi connectivity index (χ2v) is 28.3. The molecule has 1 aliphatic rings. The second-order valence-electron chi connectivity index (χ2n) is 28.3. The van der Waals surface area contributed by atoms with Crippen LogP contribution in [0, 0.1) is 0 Å². The Morgan fingerprint density at radius 3 is 0.828 bits per heavy atom. The van der Waals surface area contributed by atoms with Gasteiger partial charge in [0, 0.05) is 61.1 Å². The normalized spacial score (nSPS) is 12.7. The molecule has 8 aromatic carbocycles. The highest BCUT2D eigenvalue weighted by atomic mass is 15.0. The van der Waals surface area contributed by atoms with Gasteiger partial charge in [0.25, 0.3) is 0 Å². The van der Waals surface area contributed by atoms with Crippen LogP contribution in [-0.2, 0) is 31.1 Å². The smallest absolute Gasteiger partial charge is 0.0541 e. The molecule has 11 rings (SSSR count). The number of nitrogens with one attached hydrogen (secondary N) is 2. The summed E-state index contributed by atoms with van der Waals surface area (Å²) < 4.78 is 5.03. The maximum absolute atomic E-state index is 3.98. The molecule has 0 saturated heterocycles. The summed E-state index contributed by atoms with van der Waals surface area (Å²) >= 11 is 0. The van der Waals surface area contributed by atoms with E-state index in [-0.39, 0.29) is 5.41 Å². The monoisotopic (exact) mass is 1240 g/mol. The number of hydrogen-bond donors (Lipinski definition) is 2. The number of rotatable bonds is 40. The van der Waals surface area contributed by atoms with E-state index in [0.717, 1.165) is 37.1 Å². The van der Waals surface area contributed by atoms with Crippen LogP contribution in [0.2, 0.25) is 0 Å². The number of benzene rings is 8. The number of aromatic nitrogens is 2. The van der Waals surface area contributed by atoms with Crippen molar-refractivity contribution < 1.29 is 0 Å². The first-order valence-corrected chi connectivity index (χ1v) is 38.0. The third-order valence-corrected chi connectivity index (χ3v) is 21.2. The summed E-state index contributed by atoms with van der Waals surface area (Å²) in [6.07, 6.45) is 43.1. The van der Waals surface area contributed by atoms with E-state index in [1.807, 2.05) is 0 Å². The van der Waals surface area contributed by atoms with E-state index < -0.39 is 0 Å². The molecular formula is C89H114N4. The largest absolute Gasteiger partial charge is 0.356 e. The number of nitrogens with zero attached hydrogens (tertiary/aromatic N) is 2. The van der Waals surface area contributed by atoms with Gasteiger partial charge in [-0.05, 0) is 230 Å². The average Bonchev–Trinajstić information content (AvgIpc) is 1.58. The molecule has 0 radical (unpaired) electrons. The molecule has 1 aliphatic carbocycles. The molecule has 0 unspecified atom stereocenters. The van der Waals surface area contributed by atoms with Crippen molar-refractivity contribution in [1.82, 2.24) is 9.13 Å². The van der Waals surface area contributed by atoms with Gasteiger partial charge >= 0.3 is 0 Å². The van der Waals surface area contributed by atoms with Crippen molar-refractivity contribution in [2.75, 3.05) is 10.6 Å². The molecule has 0 aliphatic heterocycles. The Hall–Kier alpha value is -7.04. The molecule has 2 heterocycles. The van der Waals surface area contributed by atoms with Crippen molar-refractivity contribution in [3.8, 4) is 22.5 Å². The van der Waals surface area contributed by atoms with Crippen LogP contribution in [0.5, 0.6) is 0 Å². The molecule has 93 heavy (non-hydrogen) atoms. The van der Waals surface area contributed by atoms with Gasteiger partial charge in [-0.1, -0.05) is 232 Å². The SMILES string of the molecule is CCCCCCCCC1(CCCCCCCC)c2cc(Nc3ccc(-n4c5ccc(CCCCCC)cc5c5cc(CCCCCC)ccc54)cc3)ccc2-c2ccc(Nc3ccc(-n4c5ccc(CCCCCC)cc5c5cc(CCCCCC)ccc54)cc3)cc21. The molecule has 0 spiro atoms. The fourth-order valence-electron chi connectivity index (χ4n) is 15.9. The third kappa shape index (κ3) is 16.4. The van der Waals surface area contributed by atoms with Gasteiger partial charge in [-0.2, -0.15) is 0 Å². The molecule has 2 N–H and O–H groups in total. The first-order valence-electron chi connectivity index (χ1n) is 38.0. The van der Waals surface area contributed by atoms with Crippen molar-refractivity contribution in [2.24, 2.45) is 0 Å². The topological polar surface area (TPSA) is 33.9 Å². The van der Waals surface area contributed by atoms with E-state index >= 15 is 0 Å². The van der Waals surface area contributed by atoms with Crippen LogP contribution >= 0.6 is 0 Å². The maximum Gasteiger partial charge on any atom is 0.0541 e. The zero-order valence-electron chi connectivity index (χ0n) is 58.4. The zero-order valence-corrected chi connectivity index (χ0v) is 58.4. The van der Waals surface area contributed by atoms with E-state index in [0.29, 0.717) is 0 Å². The van der Waals surface area contributed by atoms with Gasteiger partial charge in [0.1, 0.15) is 0 Å². The lowest BCUT2D eigenvalue weighted by molar-refractivity contribution is 0.398. The highest BCUT2D eigenvalue weighted by Gasteiger charge is 2.43. The first-order chi connectivity index (χ1) is 45.9. The van der Waals surface area contributed by atoms with E-state index in [9.17, 15) is 0 Å². The van der Waals surface area contributed by atoms with E-state index in [1.54, 1.807) is 0 Å². The minimum absolute atomic E-state index is 0.0775. The lowest BCUT2D eigenvalue weighted by atomic mass is 9.70. The molecule has 0 amide bonds. The van der Waals surface area contributed by atoms with Gasteiger partial charge in [0.15, 0.2) is 0 Å². The zero-order chi connectivity index (χ0) is 64.2. The highest BCUT2D eigenvalue weighted by molar-refractivity contribution is 6.11. The first kappa shape index (κ1) is 67.4. The van der Waals surface area contributed by atoms with Crippen LogP contribution < -0.4 is 10.6 Å². The van der Waals surface area contributed by atoms with Gasteiger partial charge in [0.2, 0.25) is 0 Å². The van der Waals surface area contributed by atoms with Gasteiger partial charge in [-0.3, -0.25) is 0 Å². The van der Waals surface area contributed by atoms with Crippen LogP contribution in [-0.4, -0.2) is 9.13 Å². The van der Waals surface area contributed by atoms with Crippen molar-refractivity contribution in [3.63, 3.8) is 0 Å². The molecule has 0 atom stereocenters. The van der Waals surface area contributed by atoms with Gasteiger partial charge in [0.05, 0.1) is 22.1 Å². The maximum atomic E-state index is 3.98. The summed E-state index contributed by atoms with van der Waals surface area (Å²) in [4.78, 5) is 0. The van der Waals surface area contributed by atoms with Gasteiger partial charge in [-0.15, -0.1) is 0 Å². The molecular weight excluding hydrogens is 1130 g/mol. The number of anilines is 4. The number of fused-ring (bicyclic) bond motifs is 9. The quantitative estimate of drug-likeness (QED) is 0.0375. The predicted octanol–water partition coefficient (Wildman–Crippen LogP) is 27.6. The summed E-state index contributed by atoms with van der Waals surface area (Å²) in [5.74, 6) is 0. The van der Waals surface area contributed by atoms with Crippen LogP contribution in [0.3, 0.4) is 0 Å². The Bertz CT molecular complexity index is 3560. The second kappa shape index (κ2) is 33.9. The molecule has 4 nitrogen and oxygen atoms in total. The molecule has 2 aromatic heterocycles. The number of aryl methyl sites for hydroxylation is 4. The third-order valence-electron chi connectivity index (χ3n) is 21.2. The van der Waals surface area contributed by atoms with Gasteiger partial charge < -0.3 is 19.8 Å². The average molecular weight is 1240 g/mol. The number of hydrogen-bond acceptors (Lipinski definition) is 2. The summed E-state index contributed by atoms with van der Waals surface area (Å²) in [7, 11) is 0. The lowest BCUT2D eigenvalue weighted by Crippen LogP contribution is -2.26. The Labute approximate surface area is 561 Å². The van der Waals surface area contributed by atoms with Crippen molar-refractivity contribution >= 4 is 66.4 Å². The fraction of sp³-hybridized carbons (Fsp3) is 0.461. The van der Waals surface area contributed by atoms with Crippen molar-refractivity contribution in [1.29, 1.82) is 0 Å². The van der Waals surface area contributed by atoms with Crippen LogP contribution in [0.25, 0.3) is 66.1 Å². The van der Waals surface area contributed by atoms with E-state index in [1.165, 1.54) is 303 Å². The summed E-state index contributed by atoms with van der Waals surface area (Å²) in [6.45, 7) is 13.9. The molecule has 4 heteroatoms. The molecule has 0 saturated carbocycles. The summed E-state index contributed by atoms with van der Waals surface area (Å²) in [5.41, 5.74) is 23.8. The summed E-state index contributed by atoms with van der Waals surface area (Å²) in [5, 5.41) is 13.5. The van der Waals surface area contributed by atoms with E-state index in [4.69, 9.17) is 0 Å². The van der Waals surface area contributed by atoms with Crippen molar-refractivity contribution in [3.05, 3.63) is 191 Å². The summed E-state index contributed by atoms with van der Waals surface area (Å²) in [6, 6.07) is 62.6. The van der Waals surface area contributed by atoms with E-state index in [2.05, 4.69) is 219 Å². The Morgan fingerprint density at radius 2 is 0.527 bits per heavy atom. The minimum Gasteiger partial charge on any atom is -0.356 e. The Morgan fingerprint density at radius 1 is 0.258 bits per heavy atom. The van der Waals surface area contributed by atoms with Crippen LogP contribution in [0.15, 0.2) is 158 Å². The molecule has 490 valence electrons.